The molecule has 37 heavy (non-hydrogen) atoms. The topological polar surface area (TPSA) is 141 Å². The number of aliphatic hydroxyl groups excluding tert-OH is 2. The third-order valence-corrected chi connectivity index (χ3v) is 7.47. The van der Waals surface area contributed by atoms with E-state index in [1.165, 1.54) is 34.8 Å². The number of halogens is 3. The summed E-state index contributed by atoms with van der Waals surface area (Å²) in [6, 6.07) is 1.59. The van der Waals surface area contributed by atoms with Gasteiger partial charge in [0.2, 0.25) is 0 Å². The quantitative estimate of drug-likeness (QED) is 0.381. The zero-order valence-electron chi connectivity index (χ0n) is 19.9. The summed E-state index contributed by atoms with van der Waals surface area (Å²) in [5, 5.41) is 47.6. The van der Waals surface area contributed by atoms with Crippen LogP contribution in [0.5, 0.6) is 0 Å². The first-order chi connectivity index (χ1) is 17.8. The summed E-state index contributed by atoms with van der Waals surface area (Å²) in [4.78, 5) is 0. The number of rotatable bonds is 7. The van der Waals surface area contributed by atoms with E-state index in [0.29, 0.717) is 18.5 Å². The molecule has 0 radical (unpaired) electrons. The monoisotopic (exact) mass is 540 g/mol. The Labute approximate surface area is 215 Å². The van der Waals surface area contributed by atoms with Crippen LogP contribution in [0, 0.1) is 11.6 Å². The van der Waals surface area contributed by atoms with Crippen molar-refractivity contribution in [2.45, 2.75) is 68.3 Å². The molecule has 1 aromatic carbocycles. The van der Waals surface area contributed by atoms with E-state index in [1.807, 2.05) is 0 Å². The number of nitrogens with zero attached hydrogens (tertiary/aromatic N) is 6. The SMILES string of the molecule is CO[C@@H]1[C@@H](n2cc(-c3ccc(Cl)c(F)c3F)nn2)[C@@H](O)[C@@H](CO)O[C@@H]1Cn1cc(C2(O)CCCC2)nn1. The van der Waals surface area contributed by atoms with Crippen LogP contribution in [0.1, 0.15) is 37.4 Å². The summed E-state index contributed by atoms with van der Waals surface area (Å²) < 4.78 is 42.9. The van der Waals surface area contributed by atoms with Crippen molar-refractivity contribution in [3.8, 4) is 11.3 Å². The maximum absolute atomic E-state index is 14.5. The van der Waals surface area contributed by atoms with Crippen LogP contribution in [0.15, 0.2) is 24.5 Å². The fourth-order valence-corrected chi connectivity index (χ4v) is 5.33. The second-order valence-corrected chi connectivity index (χ2v) is 9.86. The molecular formula is C23H27ClF2N6O5. The lowest BCUT2D eigenvalue weighted by Gasteiger charge is -2.43. The highest BCUT2D eigenvalue weighted by Crippen LogP contribution is 2.38. The molecule has 5 atom stereocenters. The molecule has 11 nitrogen and oxygen atoms in total. The fraction of sp³-hybridized carbons (Fsp3) is 0.565. The summed E-state index contributed by atoms with van der Waals surface area (Å²) >= 11 is 5.65. The third-order valence-electron chi connectivity index (χ3n) is 7.18. The minimum atomic E-state index is -1.27. The molecule has 2 aromatic heterocycles. The van der Waals surface area contributed by atoms with Gasteiger partial charge in [-0.1, -0.05) is 34.9 Å². The molecule has 1 aliphatic carbocycles. The minimum absolute atomic E-state index is 0.0180. The van der Waals surface area contributed by atoms with Crippen LogP contribution in [0.4, 0.5) is 8.78 Å². The summed E-state index contributed by atoms with van der Waals surface area (Å²) in [6.45, 7) is -0.356. The van der Waals surface area contributed by atoms with Crippen LogP contribution < -0.4 is 0 Å². The highest BCUT2D eigenvalue weighted by Gasteiger charge is 2.47. The molecule has 0 spiro atoms. The van der Waals surface area contributed by atoms with E-state index in [4.69, 9.17) is 21.1 Å². The number of benzene rings is 1. The number of hydrogen-bond donors (Lipinski definition) is 3. The van der Waals surface area contributed by atoms with Gasteiger partial charge in [0.1, 0.15) is 47.4 Å². The van der Waals surface area contributed by atoms with Crippen LogP contribution in [-0.4, -0.2) is 83.4 Å². The van der Waals surface area contributed by atoms with Gasteiger partial charge >= 0.3 is 0 Å². The van der Waals surface area contributed by atoms with E-state index < -0.39 is 54.3 Å². The maximum atomic E-state index is 14.5. The van der Waals surface area contributed by atoms with Gasteiger partial charge in [-0.05, 0) is 25.0 Å². The lowest BCUT2D eigenvalue weighted by atomic mass is 9.92. The smallest absolute Gasteiger partial charge is 0.178 e. The Hall–Kier alpha value is -2.55. The predicted molar refractivity (Wildman–Crippen MR) is 124 cm³/mol. The summed E-state index contributed by atoms with van der Waals surface area (Å²) in [5.41, 5.74) is -0.668. The summed E-state index contributed by atoms with van der Waals surface area (Å²) in [6.07, 6.45) is 2.25. The van der Waals surface area contributed by atoms with Crippen molar-refractivity contribution >= 4 is 11.6 Å². The largest absolute Gasteiger partial charge is 0.394 e. The van der Waals surface area contributed by atoms with E-state index in [0.717, 1.165) is 12.8 Å². The Morgan fingerprint density at radius 2 is 1.89 bits per heavy atom. The zero-order valence-corrected chi connectivity index (χ0v) is 20.7. The second-order valence-electron chi connectivity index (χ2n) is 9.45. The Morgan fingerprint density at radius 1 is 1.14 bits per heavy atom. The molecule has 200 valence electrons. The van der Waals surface area contributed by atoms with Gasteiger partial charge in [-0.25, -0.2) is 18.1 Å². The molecule has 3 N–H and O–H groups in total. The molecule has 2 fully saturated rings. The molecule has 1 aliphatic heterocycles. The predicted octanol–water partition coefficient (Wildman–Crippen LogP) is 1.61. The van der Waals surface area contributed by atoms with E-state index in [1.54, 1.807) is 6.20 Å². The molecule has 5 rings (SSSR count). The molecule has 14 heteroatoms. The van der Waals surface area contributed by atoms with Gasteiger partial charge in [-0.3, -0.25) is 0 Å². The molecule has 2 aliphatic rings. The van der Waals surface area contributed by atoms with Gasteiger partial charge < -0.3 is 24.8 Å². The van der Waals surface area contributed by atoms with E-state index in [-0.39, 0.29) is 22.8 Å². The van der Waals surface area contributed by atoms with Gasteiger partial charge in [0.15, 0.2) is 11.6 Å². The standard InChI is InChI=1S/C23H27ClF2N6O5/c1-36-22-15(9-31-10-17(28-29-31)23(35)6-2-3-7-23)37-16(11-33)21(34)20(22)32-8-14(27-30-32)12-4-5-13(24)19(26)18(12)25/h4-5,8,10,15-16,20-22,33-35H,2-3,6-7,9,11H2,1H3/t15-,16-,20+,21+,22+/m1/s1. The maximum Gasteiger partial charge on any atom is 0.178 e. The molecule has 0 bridgehead atoms. The number of hydrogen-bond acceptors (Lipinski definition) is 9. The van der Waals surface area contributed by atoms with Crippen LogP contribution in [0.2, 0.25) is 5.02 Å². The van der Waals surface area contributed by atoms with Crippen molar-refractivity contribution < 1.29 is 33.6 Å². The molecule has 0 amide bonds. The first kappa shape index (κ1) is 26.1. The Morgan fingerprint density at radius 3 is 2.59 bits per heavy atom. The van der Waals surface area contributed by atoms with Gasteiger partial charge in [0, 0.05) is 12.7 Å². The number of aliphatic hydroxyl groups is 3. The molecule has 1 saturated carbocycles. The Kier molecular flexibility index (Phi) is 7.27. The van der Waals surface area contributed by atoms with Gasteiger partial charge in [0.05, 0.1) is 30.6 Å². The highest BCUT2D eigenvalue weighted by molar-refractivity contribution is 6.30. The van der Waals surface area contributed by atoms with Gasteiger partial charge in [-0.2, -0.15) is 0 Å². The molecule has 3 aromatic rings. The first-order valence-corrected chi connectivity index (χ1v) is 12.3. The van der Waals surface area contributed by atoms with Crippen LogP contribution >= 0.6 is 11.6 Å². The number of aromatic nitrogens is 6. The van der Waals surface area contributed by atoms with Crippen LogP contribution in [-0.2, 0) is 21.6 Å². The normalized spacial score (nSPS) is 27.6. The second kappa shape index (κ2) is 10.3. The average molecular weight is 541 g/mol. The lowest BCUT2D eigenvalue weighted by molar-refractivity contribution is -0.216. The van der Waals surface area contributed by atoms with Crippen LogP contribution in [0.25, 0.3) is 11.3 Å². The number of ether oxygens (including phenoxy) is 2. The first-order valence-electron chi connectivity index (χ1n) is 11.9. The van der Waals surface area contributed by atoms with Crippen molar-refractivity contribution in [3.05, 3.63) is 46.9 Å². The Balaban J connectivity index is 1.43. The number of methoxy groups -OCH3 is 1. The van der Waals surface area contributed by atoms with E-state index in [9.17, 15) is 24.1 Å². The molecule has 3 heterocycles. The minimum Gasteiger partial charge on any atom is -0.394 e. The highest BCUT2D eigenvalue weighted by atomic mass is 35.5. The van der Waals surface area contributed by atoms with Gasteiger partial charge in [0.25, 0.3) is 0 Å². The van der Waals surface area contributed by atoms with Crippen molar-refractivity contribution in [1.82, 2.24) is 30.0 Å². The summed E-state index contributed by atoms with van der Waals surface area (Å²) in [7, 11) is 1.43. The molecular weight excluding hydrogens is 514 g/mol. The third kappa shape index (κ3) is 4.75. The van der Waals surface area contributed by atoms with Crippen LogP contribution in [0.3, 0.4) is 0 Å². The van der Waals surface area contributed by atoms with Crippen molar-refractivity contribution in [2.75, 3.05) is 13.7 Å². The van der Waals surface area contributed by atoms with Crippen molar-refractivity contribution in [2.24, 2.45) is 0 Å². The van der Waals surface area contributed by atoms with E-state index in [2.05, 4.69) is 20.6 Å². The molecule has 1 saturated heterocycles. The van der Waals surface area contributed by atoms with Crippen molar-refractivity contribution in [3.63, 3.8) is 0 Å². The lowest BCUT2D eigenvalue weighted by Crippen LogP contribution is -2.57. The summed E-state index contributed by atoms with van der Waals surface area (Å²) in [5.74, 6) is -2.38. The van der Waals surface area contributed by atoms with E-state index >= 15 is 0 Å². The zero-order chi connectivity index (χ0) is 26.3. The Bertz CT molecular complexity index is 1250. The fourth-order valence-electron chi connectivity index (χ4n) is 5.18. The van der Waals surface area contributed by atoms with Crippen molar-refractivity contribution in [1.29, 1.82) is 0 Å². The average Bonchev–Trinajstić information content (AvgIpc) is 3.65. The molecule has 0 unspecified atom stereocenters. The van der Waals surface area contributed by atoms with Gasteiger partial charge in [-0.15, -0.1) is 10.2 Å².